The molecule has 0 aromatic carbocycles. The van der Waals surface area contributed by atoms with E-state index in [1.165, 1.54) is 0 Å². The number of halogens is 1. The zero-order valence-electron chi connectivity index (χ0n) is 11.5. The van der Waals surface area contributed by atoms with Gasteiger partial charge in [0.25, 0.3) is 0 Å². The molecule has 0 aliphatic carbocycles. The van der Waals surface area contributed by atoms with Gasteiger partial charge in [-0.15, -0.1) is 0 Å². The molecule has 3 amide bonds. The van der Waals surface area contributed by atoms with Gasteiger partial charge in [-0.2, -0.15) is 11.8 Å². The highest BCUT2D eigenvalue weighted by atomic mass is 32.2. The summed E-state index contributed by atoms with van der Waals surface area (Å²) in [5, 5.41) is 9.04. The van der Waals surface area contributed by atoms with Crippen molar-refractivity contribution in [2.24, 2.45) is 0 Å². The Hall–Kier alpha value is -0.980. The maximum absolute atomic E-state index is 11.9. The molecule has 2 aliphatic rings. The third kappa shape index (κ3) is 4.26. The molecule has 0 aromatic heterocycles. The molecule has 3 N–H and O–H groups in total. The molecule has 2 fully saturated rings. The number of amides is 3. The van der Waals surface area contributed by atoms with E-state index in [1.54, 1.807) is 0 Å². The summed E-state index contributed by atoms with van der Waals surface area (Å²) in [6.45, 7) is 0.0385. The summed E-state index contributed by atoms with van der Waals surface area (Å²) >= 11 is 1.89. The maximum Gasteiger partial charge on any atom is 0.315 e. The van der Waals surface area contributed by atoms with Crippen LogP contribution in [0, 0.1) is 0 Å². The molecule has 0 spiro atoms. The standard InChI is InChI=1S/C13H22FN3O2S/c14-6-3-7-15-11(18)5-2-1-4-10-12-9(8-20-10)16-13(19)17-12/h9-10,12H,1-8H2,(H,15,18)(H2,16,17,19)/t9-,10-,12-/m0/s1/i14-1. The fourth-order valence-corrected chi connectivity index (χ4v) is 4.20. The second kappa shape index (κ2) is 7.71. The topological polar surface area (TPSA) is 70.2 Å². The number of hydrogen-bond acceptors (Lipinski definition) is 3. The Morgan fingerprint density at radius 2 is 2.20 bits per heavy atom. The molecule has 3 atom stereocenters. The molecule has 2 saturated heterocycles. The molecule has 0 bridgehead atoms. The number of alkyl halides is 1. The van der Waals surface area contributed by atoms with Gasteiger partial charge in [-0.25, -0.2) is 4.79 Å². The van der Waals surface area contributed by atoms with E-state index < -0.39 is 0 Å². The van der Waals surface area contributed by atoms with E-state index in [2.05, 4.69) is 16.0 Å². The summed E-state index contributed by atoms with van der Waals surface area (Å²) in [5.74, 6) is 0.976. The molecule has 2 heterocycles. The number of rotatable bonds is 8. The molecule has 0 unspecified atom stereocenters. The third-order valence-electron chi connectivity index (χ3n) is 3.71. The fourth-order valence-electron chi connectivity index (χ4n) is 2.66. The Morgan fingerprint density at radius 3 is 3.00 bits per heavy atom. The number of unbranched alkanes of at least 4 members (excludes halogenated alkanes) is 1. The van der Waals surface area contributed by atoms with Crippen molar-refractivity contribution in [3.63, 3.8) is 0 Å². The molecule has 2 aliphatic heterocycles. The first-order chi connectivity index (χ1) is 9.70. The normalized spacial score (nSPS) is 27.9. The van der Waals surface area contributed by atoms with E-state index in [9.17, 15) is 14.0 Å². The largest absolute Gasteiger partial charge is 0.356 e. The second-order valence-corrected chi connectivity index (χ2v) is 6.53. The van der Waals surface area contributed by atoms with Crippen LogP contribution in [0.2, 0.25) is 0 Å². The minimum atomic E-state index is -0.387. The number of urea groups is 1. The Morgan fingerprint density at radius 1 is 1.35 bits per heavy atom. The molecule has 0 aromatic rings. The highest BCUT2D eigenvalue weighted by molar-refractivity contribution is 8.00. The van der Waals surface area contributed by atoms with Crippen molar-refractivity contribution in [2.45, 2.75) is 49.4 Å². The Balaban J connectivity index is 1.55. The molecular formula is C13H22FN3O2S. The van der Waals surface area contributed by atoms with Crippen molar-refractivity contribution in [3.05, 3.63) is 0 Å². The summed E-state index contributed by atoms with van der Waals surface area (Å²) in [7, 11) is 0. The molecule has 0 saturated carbocycles. The van der Waals surface area contributed by atoms with Crippen LogP contribution in [0.1, 0.15) is 32.1 Å². The van der Waals surface area contributed by atoms with Crippen LogP contribution in [-0.4, -0.2) is 48.2 Å². The highest BCUT2D eigenvalue weighted by Crippen LogP contribution is 2.33. The molecule has 20 heavy (non-hydrogen) atoms. The van der Waals surface area contributed by atoms with E-state index in [-0.39, 0.29) is 30.7 Å². The van der Waals surface area contributed by atoms with E-state index in [1.807, 2.05) is 11.8 Å². The van der Waals surface area contributed by atoms with E-state index in [4.69, 9.17) is 0 Å². The molecule has 7 heteroatoms. The van der Waals surface area contributed by atoms with Crippen LogP contribution in [0.5, 0.6) is 0 Å². The van der Waals surface area contributed by atoms with Gasteiger partial charge in [0.2, 0.25) is 5.91 Å². The zero-order valence-corrected chi connectivity index (χ0v) is 12.3. The van der Waals surface area contributed by atoms with Crippen molar-refractivity contribution in [1.29, 1.82) is 0 Å². The number of carbonyl (C=O) groups is 2. The van der Waals surface area contributed by atoms with Crippen molar-refractivity contribution >= 4 is 23.7 Å². The van der Waals surface area contributed by atoms with Crippen LogP contribution < -0.4 is 16.0 Å². The lowest BCUT2D eigenvalue weighted by atomic mass is 10.0. The molecule has 5 nitrogen and oxygen atoms in total. The van der Waals surface area contributed by atoms with Gasteiger partial charge in [0.05, 0.1) is 18.8 Å². The maximum atomic E-state index is 11.9. The second-order valence-electron chi connectivity index (χ2n) is 5.26. The number of hydrogen-bond donors (Lipinski definition) is 3. The van der Waals surface area contributed by atoms with Gasteiger partial charge in [0.15, 0.2) is 0 Å². The Labute approximate surface area is 122 Å². The van der Waals surface area contributed by atoms with E-state index >= 15 is 0 Å². The van der Waals surface area contributed by atoms with Crippen LogP contribution >= 0.6 is 11.8 Å². The lowest BCUT2D eigenvalue weighted by Gasteiger charge is -2.16. The summed E-state index contributed by atoms with van der Waals surface area (Å²) in [6, 6.07) is 0.449. The highest BCUT2D eigenvalue weighted by Gasteiger charge is 2.42. The minimum absolute atomic E-state index is 0.00578. The molecular weight excluding hydrogens is 280 g/mol. The fraction of sp³-hybridized carbons (Fsp3) is 0.846. The van der Waals surface area contributed by atoms with Crippen LogP contribution in [0.3, 0.4) is 0 Å². The first-order valence-corrected chi connectivity index (χ1v) is 8.27. The van der Waals surface area contributed by atoms with Gasteiger partial charge in [-0.05, 0) is 19.3 Å². The summed E-state index contributed by atoms with van der Waals surface area (Å²) in [5.41, 5.74) is 0. The first-order valence-electron chi connectivity index (χ1n) is 7.22. The van der Waals surface area contributed by atoms with Gasteiger partial charge < -0.3 is 16.0 Å². The van der Waals surface area contributed by atoms with E-state index in [0.29, 0.717) is 24.6 Å². The van der Waals surface area contributed by atoms with Crippen LogP contribution in [0.4, 0.5) is 9.18 Å². The minimum Gasteiger partial charge on any atom is -0.356 e. The molecule has 114 valence electrons. The average Bonchev–Trinajstić information content (AvgIpc) is 2.95. The number of nitrogens with one attached hydrogen (secondary N) is 3. The molecule has 2 rings (SSSR count). The summed E-state index contributed by atoms with van der Waals surface area (Å²) < 4.78 is 11.9. The number of thioether (sulfide) groups is 1. The van der Waals surface area contributed by atoms with Gasteiger partial charge in [-0.1, -0.05) is 6.42 Å². The predicted molar refractivity (Wildman–Crippen MR) is 77.6 cm³/mol. The SMILES string of the molecule is O=C(CCCC[C@@H]1SC[C@@H]2NC(=O)N[C@@H]21)NCCC[18F]. The van der Waals surface area contributed by atoms with Crippen molar-refractivity contribution in [2.75, 3.05) is 19.0 Å². The van der Waals surface area contributed by atoms with E-state index in [0.717, 1.165) is 25.0 Å². The Bertz CT molecular complexity index is 357. The number of carbonyl (C=O) groups excluding carboxylic acids is 2. The lowest BCUT2D eigenvalue weighted by molar-refractivity contribution is -0.121. The van der Waals surface area contributed by atoms with Crippen molar-refractivity contribution < 1.29 is 14.0 Å². The molecule has 0 radical (unpaired) electrons. The lowest BCUT2D eigenvalue weighted by Crippen LogP contribution is -2.36. The Kier molecular flexibility index (Phi) is 5.94. The quantitative estimate of drug-likeness (QED) is 0.466. The van der Waals surface area contributed by atoms with Gasteiger partial charge in [0.1, 0.15) is 0 Å². The van der Waals surface area contributed by atoms with Crippen molar-refractivity contribution in [3.8, 4) is 0 Å². The van der Waals surface area contributed by atoms with Gasteiger partial charge in [0, 0.05) is 24.0 Å². The first kappa shape index (κ1) is 15.4. The summed E-state index contributed by atoms with van der Waals surface area (Å²) in [6.07, 6.45) is 3.73. The van der Waals surface area contributed by atoms with Crippen LogP contribution in [-0.2, 0) is 4.79 Å². The average molecular weight is 302 g/mol. The smallest absolute Gasteiger partial charge is 0.315 e. The monoisotopic (exact) mass is 302 g/mol. The van der Waals surface area contributed by atoms with Gasteiger partial charge in [-0.3, -0.25) is 9.18 Å². The third-order valence-corrected chi connectivity index (χ3v) is 5.22. The van der Waals surface area contributed by atoms with Crippen molar-refractivity contribution in [1.82, 2.24) is 16.0 Å². The van der Waals surface area contributed by atoms with Gasteiger partial charge >= 0.3 is 6.03 Å². The zero-order chi connectivity index (χ0) is 14.4. The van der Waals surface area contributed by atoms with Crippen LogP contribution in [0.25, 0.3) is 0 Å². The summed E-state index contributed by atoms with van der Waals surface area (Å²) in [4.78, 5) is 22.7. The number of fused-ring (bicyclic) bond motifs is 1. The van der Waals surface area contributed by atoms with Crippen LogP contribution in [0.15, 0.2) is 0 Å². The predicted octanol–water partition coefficient (Wildman–Crippen LogP) is 1.19.